The number of aromatic nitrogens is 2. The lowest BCUT2D eigenvalue weighted by atomic mass is 10.2. The van der Waals surface area contributed by atoms with Crippen molar-refractivity contribution in [2.24, 2.45) is 0 Å². The average Bonchev–Trinajstić information content (AvgIpc) is 2.60. The fourth-order valence-corrected chi connectivity index (χ4v) is 2.55. The molecule has 0 unspecified atom stereocenters. The summed E-state index contributed by atoms with van der Waals surface area (Å²) in [5, 5.41) is 4.10. The van der Waals surface area contributed by atoms with Crippen molar-refractivity contribution in [1.82, 2.24) is 9.78 Å². The quantitative estimate of drug-likeness (QED) is 0.921. The van der Waals surface area contributed by atoms with Crippen LogP contribution in [0.1, 0.15) is 5.56 Å². The van der Waals surface area contributed by atoms with Crippen LogP contribution in [-0.2, 0) is 16.6 Å². The topological polar surface area (TPSA) is 64.0 Å². The Morgan fingerprint density at radius 2 is 2.00 bits per heavy atom. The van der Waals surface area contributed by atoms with Crippen molar-refractivity contribution in [2.45, 2.75) is 6.54 Å². The Bertz CT molecular complexity index is 682. The van der Waals surface area contributed by atoms with E-state index >= 15 is 0 Å². The number of rotatable bonds is 4. The zero-order chi connectivity index (χ0) is 14.0. The number of nitrogens with zero attached hydrogens (tertiary/aromatic N) is 2. The minimum Gasteiger partial charge on any atom is -0.265 e. The van der Waals surface area contributed by atoms with Crippen molar-refractivity contribution in [3.63, 3.8) is 0 Å². The number of nitrogens with one attached hydrogen (secondary N) is 1. The number of halogens is 2. The second-order valence-electron chi connectivity index (χ2n) is 4.02. The second-order valence-corrected chi connectivity index (χ2v) is 6.63. The smallest absolute Gasteiger partial charge is 0.231 e. The van der Waals surface area contributed by atoms with Crippen LogP contribution in [0.25, 0.3) is 0 Å². The molecule has 0 spiro atoms. The Morgan fingerprint density at radius 3 is 2.58 bits per heavy atom. The Labute approximate surface area is 118 Å². The summed E-state index contributed by atoms with van der Waals surface area (Å²) in [4.78, 5) is 0. The lowest BCUT2D eigenvalue weighted by Crippen LogP contribution is -2.11. The van der Waals surface area contributed by atoms with Crippen LogP contribution in [0.4, 0.5) is 10.2 Å². The first kappa shape index (κ1) is 14.0. The summed E-state index contributed by atoms with van der Waals surface area (Å²) in [7, 11) is -3.37. The lowest BCUT2D eigenvalue weighted by Gasteiger charge is -2.02. The first-order valence-corrected chi connectivity index (χ1v) is 7.97. The van der Waals surface area contributed by atoms with Gasteiger partial charge in [0, 0.05) is 6.20 Å². The van der Waals surface area contributed by atoms with Crippen molar-refractivity contribution in [3.8, 4) is 0 Å². The Kier molecular flexibility index (Phi) is 3.91. The zero-order valence-corrected chi connectivity index (χ0v) is 12.4. The number of sulfonamides is 1. The van der Waals surface area contributed by atoms with Gasteiger partial charge >= 0.3 is 0 Å². The predicted molar refractivity (Wildman–Crippen MR) is 73.9 cm³/mol. The number of hydrogen-bond donors (Lipinski definition) is 1. The van der Waals surface area contributed by atoms with Gasteiger partial charge in [-0.2, -0.15) is 5.10 Å². The van der Waals surface area contributed by atoms with Crippen molar-refractivity contribution in [3.05, 3.63) is 46.3 Å². The number of anilines is 1. The summed E-state index contributed by atoms with van der Waals surface area (Å²) < 4.78 is 39.4. The molecule has 0 aliphatic heterocycles. The highest BCUT2D eigenvalue weighted by atomic mass is 79.9. The van der Waals surface area contributed by atoms with E-state index in [0.717, 1.165) is 11.8 Å². The van der Waals surface area contributed by atoms with Crippen LogP contribution in [-0.4, -0.2) is 24.5 Å². The molecular formula is C11H11BrFN3O2S. The summed E-state index contributed by atoms with van der Waals surface area (Å²) >= 11 is 3.22. The van der Waals surface area contributed by atoms with Crippen LogP contribution in [0.15, 0.2) is 34.9 Å². The summed E-state index contributed by atoms with van der Waals surface area (Å²) in [6.07, 6.45) is 2.70. The maximum absolute atomic E-state index is 12.8. The summed E-state index contributed by atoms with van der Waals surface area (Å²) in [5.74, 6) is -0.0746. The molecule has 0 saturated carbocycles. The molecule has 0 aliphatic carbocycles. The first-order chi connectivity index (χ1) is 8.83. The molecule has 1 heterocycles. The zero-order valence-electron chi connectivity index (χ0n) is 9.97. The van der Waals surface area contributed by atoms with Crippen LogP contribution in [0, 0.1) is 5.82 Å². The van der Waals surface area contributed by atoms with Crippen LogP contribution in [0.2, 0.25) is 0 Å². The van der Waals surface area contributed by atoms with Crippen LogP contribution in [0.5, 0.6) is 0 Å². The highest BCUT2D eigenvalue weighted by Crippen LogP contribution is 2.21. The van der Waals surface area contributed by atoms with Crippen molar-refractivity contribution >= 4 is 31.8 Å². The largest absolute Gasteiger partial charge is 0.265 e. The first-order valence-electron chi connectivity index (χ1n) is 5.29. The minimum atomic E-state index is -3.37. The fraction of sp³-hybridized carbons (Fsp3) is 0.182. The van der Waals surface area contributed by atoms with E-state index in [0.29, 0.717) is 11.0 Å². The van der Waals surface area contributed by atoms with E-state index in [9.17, 15) is 12.8 Å². The molecule has 0 saturated heterocycles. The van der Waals surface area contributed by atoms with E-state index in [-0.39, 0.29) is 11.6 Å². The second kappa shape index (κ2) is 5.30. The standard InChI is InChI=1S/C11H11BrFN3O2S/c1-19(17,18)15-11-10(12)7-16(14-11)6-8-2-4-9(13)5-3-8/h2-5,7H,6H2,1H3,(H,14,15). The minimum absolute atomic E-state index is 0.226. The maximum Gasteiger partial charge on any atom is 0.231 e. The van der Waals surface area contributed by atoms with Crippen molar-refractivity contribution in [2.75, 3.05) is 11.0 Å². The molecule has 0 bridgehead atoms. The van der Waals surface area contributed by atoms with Crippen LogP contribution >= 0.6 is 15.9 Å². The molecule has 1 aromatic heterocycles. The molecule has 0 aliphatic rings. The van der Waals surface area contributed by atoms with E-state index in [4.69, 9.17) is 0 Å². The molecular weight excluding hydrogens is 337 g/mol. The summed E-state index contributed by atoms with van der Waals surface area (Å²) in [6, 6.07) is 6.02. The van der Waals surface area contributed by atoms with Gasteiger partial charge in [-0.15, -0.1) is 0 Å². The Balaban J connectivity index is 2.18. The van der Waals surface area contributed by atoms with Gasteiger partial charge in [-0.05, 0) is 33.6 Å². The monoisotopic (exact) mass is 347 g/mol. The van der Waals surface area contributed by atoms with Gasteiger partial charge in [0.05, 0.1) is 17.3 Å². The van der Waals surface area contributed by atoms with E-state index in [1.807, 2.05) is 0 Å². The van der Waals surface area contributed by atoms with Gasteiger partial charge in [-0.1, -0.05) is 12.1 Å². The molecule has 5 nitrogen and oxygen atoms in total. The third-order valence-corrected chi connectivity index (χ3v) is 3.40. The molecule has 1 aromatic carbocycles. The summed E-state index contributed by atoms with van der Waals surface area (Å²) in [6.45, 7) is 0.421. The van der Waals surface area contributed by atoms with Gasteiger partial charge in [0.15, 0.2) is 5.82 Å². The molecule has 102 valence electrons. The lowest BCUT2D eigenvalue weighted by molar-refractivity contribution is 0.606. The summed E-state index contributed by atoms with van der Waals surface area (Å²) in [5.41, 5.74) is 0.863. The average molecular weight is 348 g/mol. The van der Waals surface area contributed by atoms with E-state index in [1.165, 1.54) is 12.1 Å². The molecule has 0 radical (unpaired) electrons. The molecule has 0 fully saturated rings. The molecule has 0 amide bonds. The van der Waals surface area contributed by atoms with Crippen molar-refractivity contribution in [1.29, 1.82) is 0 Å². The van der Waals surface area contributed by atoms with Gasteiger partial charge in [0.25, 0.3) is 0 Å². The highest BCUT2D eigenvalue weighted by Gasteiger charge is 2.11. The van der Waals surface area contributed by atoms with Crippen LogP contribution in [0.3, 0.4) is 0 Å². The Hall–Kier alpha value is -1.41. The van der Waals surface area contributed by atoms with E-state index < -0.39 is 10.0 Å². The van der Waals surface area contributed by atoms with E-state index in [2.05, 4.69) is 25.8 Å². The Morgan fingerprint density at radius 1 is 1.37 bits per heavy atom. The van der Waals surface area contributed by atoms with Gasteiger partial charge in [0.2, 0.25) is 10.0 Å². The van der Waals surface area contributed by atoms with E-state index in [1.54, 1.807) is 23.0 Å². The highest BCUT2D eigenvalue weighted by molar-refractivity contribution is 9.10. The number of benzene rings is 1. The predicted octanol–water partition coefficient (Wildman–Crippen LogP) is 2.20. The SMILES string of the molecule is CS(=O)(=O)Nc1nn(Cc2ccc(F)cc2)cc1Br. The molecule has 8 heteroatoms. The van der Waals surface area contributed by atoms with Crippen LogP contribution < -0.4 is 4.72 Å². The van der Waals surface area contributed by atoms with Gasteiger partial charge in [-0.25, -0.2) is 12.8 Å². The molecule has 1 N–H and O–H groups in total. The fourth-order valence-electron chi connectivity index (χ4n) is 1.50. The molecule has 0 atom stereocenters. The third-order valence-electron chi connectivity index (χ3n) is 2.26. The van der Waals surface area contributed by atoms with Gasteiger partial charge in [0.1, 0.15) is 5.82 Å². The van der Waals surface area contributed by atoms with Gasteiger partial charge in [-0.3, -0.25) is 9.40 Å². The normalized spacial score (nSPS) is 11.5. The van der Waals surface area contributed by atoms with Crippen molar-refractivity contribution < 1.29 is 12.8 Å². The van der Waals surface area contributed by atoms with Gasteiger partial charge < -0.3 is 0 Å². The number of hydrogen-bond acceptors (Lipinski definition) is 3. The molecule has 19 heavy (non-hydrogen) atoms. The maximum atomic E-state index is 12.8. The molecule has 2 aromatic rings. The third kappa shape index (κ3) is 4.03. The molecule has 2 rings (SSSR count).